The Labute approximate surface area is 142 Å². The molecule has 0 unspecified atom stereocenters. The molecule has 0 bridgehead atoms. The number of urea groups is 1. The number of benzene rings is 2. The standard InChI is InChI=1S/C17H11ClN2O4/c18-12-2-1-3-13(9-12)20-15(21)14(19-17(20)24)8-10-4-6-11(7-5-10)16(22)23/h1-9H,(H,19,24)(H,22,23)/p-1/b14-8+. The molecule has 0 aliphatic carbocycles. The molecule has 3 amide bonds. The van der Waals surface area contributed by atoms with E-state index in [9.17, 15) is 19.5 Å². The van der Waals surface area contributed by atoms with Crippen molar-refractivity contribution in [2.24, 2.45) is 0 Å². The Bertz CT molecular complexity index is 874. The fourth-order valence-electron chi connectivity index (χ4n) is 2.27. The van der Waals surface area contributed by atoms with E-state index in [-0.39, 0.29) is 11.3 Å². The second-order valence-electron chi connectivity index (χ2n) is 5.02. The maximum absolute atomic E-state index is 12.4. The van der Waals surface area contributed by atoms with Gasteiger partial charge in [-0.25, -0.2) is 9.69 Å². The van der Waals surface area contributed by atoms with Gasteiger partial charge in [-0.05, 0) is 35.4 Å². The summed E-state index contributed by atoms with van der Waals surface area (Å²) >= 11 is 5.89. The molecule has 3 rings (SSSR count). The van der Waals surface area contributed by atoms with Crippen LogP contribution in [-0.4, -0.2) is 17.9 Å². The second kappa shape index (κ2) is 6.17. The summed E-state index contributed by atoms with van der Waals surface area (Å²) in [6, 6.07) is 11.5. The summed E-state index contributed by atoms with van der Waals surface area (Å²) in [7, 11) is 0. The van der Waals surface area contributed by atoms with Gasteiger partial charge in [0.25, 0.3) is 5.91 Å². The number of halogens is 1. The van der Waals surface area contributed by atoms with Gasteiger partial charge in [-0.1, -0.05) is 41.9 Å². The number of carbonyl (C=O) groups is 3. The lowest BCUT2D eigenvalue weighted by atomic mass is 10.1. The first-order valence-electron chi connectivity index (χ1n) is 6.90. The number of anilines is 1. The molecule has 7 heteroatoms. The van der Waals surface area contributed by atoms with Crippen LogP contribution in [0.3, 0.4) is 0 Å². The maximum atomic E-state index is 12.4. The highest BCUT2D eigenvalue weighted by Gasteiger charge is 2.34. The van der Waals surface area contributed by atoms with Crippen LogP contribution in [0.15, 0.2) is 54.2 Å². The van der Waals surface area contributed by atoms with Gasteiger partial charge >= 0.3 is 6.03 Å². The Morgan fingerprint density at radius 1 is 1.12 bits per heavy atom. The van der Waals surface area contributed by atoms with E-state index < -0.39 is 17.9 Å². The summed E-state index contributed by atoms with van der Waals surface area (Å²) < 4.78 is 0. The van der Waals surface area contributed by atoms with E-state index in [0.717, 1.165) is 4.90 Å². The Morgan fingerprint density at radius 2 is 1.83 bits per heavy atom. The van der Waals surface area contributed by atoms with Gasteiger partial charge in [0.2, 0.25) is 0 Å². The summed E-state index contributed by atoms with van der Waals surface area (Å²) in [5.41, 5.74) is 1.04. The predicted octanol–water partition coefficient (Wildman–Crippen LogP) is 1.80. The van der Waals surface area contributed by atoms with Crippen LogP contribution >= 0.6 is 11.6 Å². The predicted molar refractivity (Wildman–Crippen MR) is 86.2 cm³/mol. The number of amides is 3. The van der Waals surface area contributed by atoms with Crippen LogP contribution in [-0.2, 0) is 4.79 Å². The van der Waals surface area contributed by atoms with Crippen molar-refractivity contribution in [3.8, 4) is 0 Å². The lowest BCUT2D eigenvalue weighted by Crippen LogP contribution is -2.30. The molecule has 24 heavy (non-hydrogen) atoms. The van der Waals surface area contributed by atoms with E-state index in [0.29, 0.717) is 16.3 Å². The fourth-order valence-corrected chi connectivity index (χ4v) is 2.45. The molecule has 120 valence electrons. The number of imide groups is 1. The molecule has 1 N–H and O–H groups in total. The molecule has 2 aromatic carbocycles. The Balaban J connectivity index is 1.89. The second-order valence-corrected chi connectivity index (χ2v) is 5.45. The van der Waals surface area contributed by atoms with Crippen LogP contribution in [0.1, 0.15) is 15.9 Å². The molecule has 0 radical (unpaired) electrons. The minimum absolute atomic E-state index is 0.0273. The molecular formula is C17H10ClN2O4-. The van der Waals surface area contributed by atoms with Crippen molar-refractivity contribution in [3.63, 3.8) is 0 Å². The number of rotatable bonds is 3. The third kappa shape index (κ3) is 3.00. The molecule has 2 aromatic rings. The molecule has 1 fully saturated rings. The van der Waals surface area contributed by atoms with Crippen molar-refractivity contribution in [1.29, 1.82) is 0 Å². The largest absolute Gasteiger partial charge is 0.545 e. The summed E-state index contributed by atoms with van der Waals surface area (Å²) in [5, 5.41) is 13.6. The topological polar surface area (TPSA) is 89.5 Å². The number of nitrogens with zero attached hydrogens (tertiary/aromatic N) is 1. The zero-order chi connectivity index (χ0) is 17.3. The number of nitrogens with one attached hydrogen (secondary N) is 1. The first-order valence-corrected chi connectivity index (χ1v) is 7.27. The Kier molecular flexibility index (Phi) is 4.05. The summed E-state index contributed by atoms with van der Waals surface area (Å²) in [4.78, 5) is 36.2. The Hall–Kier alpha value is -3.12. The van der Waals surface area contributed by atoms with Gasteiger partial charge in [-0.2, -0.15) is 0 Å². The molecule has 1 saturated heterocycles. The summed E-state index contributed by atoms with van der Waals surface area (Å²) in [6.07, 6.45) is 1.46. The average molecular weight is 342 g/mol. The van der Waals surface area contributed by atoms with Crippen LogP contribution < -0.4 is 15.3 Å². The zero-order valence-electron chi connectivity index (χ0n) is 12.2. The van der Waals surface area contributed by atoms with Gasteiger partial charge in [0.15, 0.2) is 0 Å². The van der Waals surface area contributed by atoms with E-state index in [4.69, 9.17) is 11.6 Å². The van der Waals surface area contributed by atoms with Gasteiger partial charge in [-0.15, -0.1) is 0 Å². The number of carboxylic acids is 1. The van der Waals surface area contributed by atoms with Gasteiger partial charge < -0.3 is 15.2 Å². The molecule has 1 heterocycles. The highest BCUT2D eigenvalue weighted by molar-refractivity contribution is 6.32. The van der Waals surface area contributed by atoms with Gasteiger partial charge in [-0.3, -0.25) is 4.79 Å². The number of carboxylic acid groups (broad SMARTS) is 1. The van der Waals surface area contributed by atoms with Crippen LogP contribution in [0.25, 0.3) is 6.08 Å². The highest BCUT2D eigenvalue weighted by Crippen LogP contribution is 2.24. The lowest BCUT2D eigenvalue weighted by Gasteiger charge is -2.11. The molecule has 1 aliphatic rings. The van der Waals surface area contributed by atoms with Crippen LogP contribution in [0.2, 0.25) is 5.02 Å². The van der Waals surface area contributed by atoms with E-state index >= 15 is 0 Å². The smallest absolute Gasteiger partial charge is 0.333 e. The zero-order valence-corrected chi connectivity index (χ0v) is 12.9. The van der Waals surface area contributed by atoms with Crippen molar-refractivity contribution in [2.75, 3.05) is 4.90 Å². The van der Waals surface area contributed by atoms with Crippen molar-refractivity contribution in [1.82, 2.24) is 5.32 Å². The molecule has 0 saturated carbocycles. The van der Waals surface area contributed by atoms with Crippen molar-refractivity contribution in [2.45, 2.75) is 0 Å². The van der Waals surface area contributed by atoms with Crippen LogP contribution in [0.5, 0.6) is 0 Å². The monoisotopic (exact) mass is 341 g/mol. The number of carbonyl (C=O) groups excluding carboxylic acids is 3. The van der Waals surface area contributed by atoms with E-state index in [1.54, 1.807) is 18.2 Å². The first-order chi connectivity index (χ1) is 11.5. The normalized spacial score (nSPS) is 15.7. The Morgan fingerprint density at radius 3 is 2.46 bits per heavy atom. The fraction of sp³-hybridized carbons (Fsp3) is 0. The van der Waals surface area contributed by atoms with E-state index in [1.807, 2.05) is 0 Å². The maximum Gasteiger partial charge on any atom is 0.333 e. The van der Waals surface area contributed by atoms with Crippen molar-refractivity contribution < 1.29 is 19.5 Å². The van der Waals surface area contributed by atoms with Crippen molar-refractivity contribution >= 4 is 41.3 Å². The molecule has 0 spiro atoms. The number of aromatic carboxylic acids is 1. The van der Waals surface area contributed by atoms with Crippen LogP contribution in [0, 0.1) is 0 Å². The van der Waals surface area contributed by atoms with E-state index in [1.165, 1.54) is 36.4 Å². The third-order valence-electron chi connectivity index (χ3n) is 3.40. The number of hydrogen-bond donors (Lipinski definition) is 1. The minimum atomic E-state index is -1.29. The minimum Gasteiger partial charge on any atom is -0.545 e. The molecule has 0 atom stereocenters. The SMILES string of the molecule is O=C([O-])c1ccc(/C=C2/NC(=O)N(c3cccc(Cl)c3)C2=O)cc1. The van der Waals surface area contributed by atoms with Crippen molar-refractivity contribution in [3.05, 3.63) is 70.4 Å². The molecule has 0 aromatic heterocycles. The quantitative estimate of drug-likeness (QED) is 0.681. The lowest BCUT2D eigenvalue weighted by molar-refractivity contribution is -0.255. The third-order valence-corrected chi connectivity index (χ3v) is 3.64. The molecule has 1 aliphatic heterocycles. The van der Waals surface area contributed by atoms with Gasteiger partial charge in [0.1, 0.15) is 5.70 Å². The highest BCUT2D eigenvalue weighted by atomic mass is 35.5. The number of hydrogen-bond acceptors (Lipinski definition) is 4. The summed E-state index contributed by atoms with van der Waals surface area (Å²) in [6.45, 7) is 0. The van der Waals surface area contributed by atoms with Gasteiger partial charge in [0, 0.05) is 5.02 Å². The van der Waals surface area contributed by atoms with Crippen LogP contribution in [0.4, 0.5) is 10.5 Å². The van der Waals surface area contributed by atoms with Gasteiger partial charge in [0.05, 0.1) is 11.7 Å². The van der Waals surface area contributed by atoms with E-state index in [2.05, 4.69) is 5.32 Å². The summed E-state index contributed by atoms with van der Waals surface area (Å²) in [5.74, 6) is -1.81. The molecule has 6 nitrogen and oxygen atoms in total. The average Bonchev–Trinajstić information content (AvgIpc) is 2.82. The first kappa shape index (κ1) is 15.8. The molecular weight excluding hydrogens is 332 g/mol.